The summed E-state index contributed by atoms with van der Waals surface area (Å²) in [7, 11) is 1.50. The number of rotatable bonds is 2. The molecular weight excluding hydrogens is 130 g/mol. The van der Waals surface area contributed by atoms with Crippen molar-refractivity contribution >= 4 is 5.97 Å². The number of carbonyl (C=O) groups excluding carboxylic acids is 1. The lowest BCUT2D eigenvalue weighted by Gasteiger charge is -1.91. The molecule has 0 bridgehead atoms. The van der Waals surface area contributed by atoms with E-state index in [4.69, 9.17) is 0 Å². The van der Waals surface area contributed by atoms with Crippen LogP contribution in [0.5, 0.6) is 0 Å². The highest BCUT2D eigenvalue weighted by Gasteiger charge is 1.88. The van der Waals surface area contributed by atoms with E-state index in [-0.39, 0.29) is 5.97 Å². The molecule has 0 aliphatic heterocycles. The van der Waals surface area contributed by atoms with Gasteiger partial charge >= 0.3 is 5.97 Å². The minimum atomic E-state index is -0.269. The summed E-state index contributed by atoms with van der Waals surface area (Å²) in [6.45, 7) is 4.00. The van der Waals surface area contributed by atoms with Crippen LogP contribution in [0.15, 0.2) is 12.2 Å². The third kappa shape index (κ3) is 10.2. The van der Waals surface area contributed by atoms with Gasteiger partial charge < -0.3 is 10.5 Å². The molecule has 0 saturated carbocycles. The number of allylic oxidation sites excluding steroid dienone is 1. The number of ether oxygens (including phenoxy) is 1. The minimum absolute atomic E-state index is 0.269. The average molecular weight is 145 g/mol. The molecule has 0 atom stereocenters. The fraction of sp³-hybridized carbons (Fsp3) is 0.571. The van der Waals surface area contributed by atoms with Gasteiger partial charge in [-0.1, -0.05) is 6.08 Å². The van der Waals surface area contributed by atoms with E-state index in [1.807, 2.05) is 0 Å². The fourth-order valence-electron chi connectivity index (χ4n) is 0.326. The van der Waals surface area contributed by atoms with Gasteiger partial charge in [0.1, 0.15) is 0 Å². The van der Waals surface area contributed by atoms with Crippen molar-refractivity contribution in [1.29, 1.82) is 0 Å². The molecule has 60 valence electrons. The van der Waals surface area contributed by atoms with Crippen molar-refractivity contribution in [2.45, 2.75) is 13.8 Å². The molecule has 0 spiro atoms. The van der Waals surface area contributed by atoms with Crippen molar-refractivity contribution in [3.8, 4) is 0 Å². The first kappa shape index (κ1) is 11.9. The van der Waals surface area contributed by atoms with Crippen LogP contribution in [-0.2, 0) is 9.53 Å². The fourth-order valence-corrected chi connectivity index (χ4v) is 0.326. The van der Waals surface area contributed by atoms with Crippen LogP contribution in [-0.4, -0.2) is 19.6 Å². The normalized spacial score (nSPS) is 8.40. The van der Waals surface area contributed by atoms with Gasteiger partial charge in [0.05, 0.1) is 6.61 Å². The smallest absolute Gasteiger partial charge is 0.330 e. The summed E-state index contributed by atoms with van der Waals surface area (Å²) in [5.74, 6) is -0.269. The molecule has 0 aromatic heterocycles. The largest absolute Gasteiger partial charge is 0.463 e. The van der Waals surface area contributed by atoms with E-state index in [2.05, 4.69) is 10.5 Å². The standard InChI is InChI=1S/C6H10O2.CH5N/c1-3-5-6(7)8-4-2;1-2/h3,5H,4H2,1-2H3;2H2,1H3/b5-3+;. The van der Waals surface area contributed by atoms with Crippen LogP contribution < -0.4 is 5.73 Å². The lowest BCUT2D eigenvalue weighted by atomic mass is 10.5. The predicted octanol–water partition coefficient (Wildman–Crippen LogP) is 0.701. The van der Waals surface area contributed by atoms with Crippen LogP contribution in [0.1, 0.15) is 13.8 Å². The van der Waals surface area contributed by atoms with Gasteiger partial charge in [-0.25, -0.2) is 4.79 Å². The Hall–Kier alpha value is -0.830. The summed E-state index contributed by atoms with van der Waals surface area (Å²) < 4.78 is 4.56. The lowest BCUT2D eigenvalue weighted by Crippen LogP contribution is -1.98. The Morgan fingerprint density at radius 3 is 2.40 bits per heavy atom. The molecule has 3 heteroatoms. The Morgan fingerprint density at radius 1 is 1.60 bits per heavy atom. The highest BCUT2D eigenvalue weighted by molar-refractivity contribution is 5.81. The molecule has 0 unspecified atom stereocenters. The van der Waals surface area contributed by atoms with Crippen LogP contribution in [0.2, 0.25) is 0 Å². The molecule has 0 aliphatic rings. The number of esters is 1. The van der Waals surface area contributed by atoms with Gasteiger partial charge in [0.2, 0.25) is 0 Å². The van der Waals surface area contributed by atoms with E-state index < -0.39 is 0 Å². The first-order chi connectivity index (χ1) is 4.81. The van der Waals surface area contributed by atoms with Gasteiger partial charge in [0.25, 0.3) is 0 Å². The zero-order chi connectivity index (χ0) is 8.41. The van der Waals surface area contributed by atoms with Crippen LogP contribution in [0, 0.1) is 0 Å². The Kier molecular flexibility index (Phi) is 13.1. The van der Waals surface area contributed by atoms with Crippen molar-refractivity contribution in [1.82, 2.24) is 0 Å². The Labute approximate surface area is 61.9 Å². The van der Waals surface area contributed by atoms with Crippen molar-refractivity contribution < 1.29 is 9.53 Å². The Balaban J connectivity index is 0. The van der Waals surface area contributed by atoms with Crippen molar-refractivity contribution in [3.05, 3.63) is 12.2 Å². The molecule has 10 heavy (non-hydrogen) atoms. The quantitative estimate of drug-likeness (QED) is 0.459. The average Bonchev–Trinajstić information content (AvgIpc) is 1.93. The van der Waals surface area contributed by atoms with E-state index in [1.54, 1.807) is 19.9 Å². The van der Waals surface area contributed by atoms with Gasteiger partial charge in [0.15, 0.2) is 0 Å². The van der Waals surface area contributed by atoms with Crippen LogP contribution in [0.3, 0.4) is 0 Å². The minimum Gasteiger partial charge on any atom is -0.463 e. The first-order valence-electron chi connectivity index (χ1n) is 3.18. The Morgan fingerprint density at radius 2 is 2.10 bits per heavy atom. The second kappa shape index (κ2) is 11.0. The van der Waals surface area contributed by atoms with Crippen LogP contribution >= 0.6 is 0 Å². The summed E-state index contributed by atoms with van der Waals surface area (Å²) in [6.07, 6.45) is 3.04. The summed E-state index contributed by atoms with van der Waals surface area (Å²) in [5, 5.41) is 0. The van der Waals surface area contributed by atoms with Gasteiger partial charge in [-0.2, -0.15) is 0 Å². The lowest BCUT2D eigenvalue weighted by molar-refractivity contribution is -0.137. The second-order valence-corrected chi connectivity index (χ2v) is 1.25. The molecule has 0 saturated heterocycles. The summed E-state index contributed by atoms with van der Waals surface area (Å²) in [4.78, 5) is 10.3. The summed E-state index contributed by atoms with van der Waals surface area (Å²) >= 11 is 0. The van der Waals surface area contributed by atoms with E-state index in [1.165, 1.54) is 13.1 Å². The maximum absolute atomic E-state index is 10.3. The highest BCUT2D eigenvalue weighted by atomic mass is 16.5. The van der Waals surface area contributed by atoms with Crippen molar-refractivity contribution in [2.75, 3.05) is 13.7 Å². The molecule has 0 heterocycles. The van der Waals surface area contributed by atoms with E-state index in [0.29, 0.717) is 6.61 Å². The van der Waals surface area contributed by atoms with Gasteiger partial charge in [0, 0.05) is 6.08 Å². The van der Waals surface area contributed by atoms with Gasteiger partial charge in [-0.3, -0.25) is 0 Å². The molecule has 3 nitrogen and oxygen atoms in total. The first-order valence-corrected chi connectivity index (χ1v) is 3.18. The monoisotopic (exact) mass is 145 g/mol. The summed E-state index contributed by atoms with van der Waals surface area (Å²) in [6, 6.07) is 0. The molecule has 2 N–H and O–H groups in total. The molecule has 0 fully saturated rings. The Bertz CT molecular complexity index is 99.8. The SMILES string of the molecule is C/C=C/C(=O)OCC.CN. The number of nitrogens with two attached hydrogens (primary N) is 1. The number of carbonyl (C=O) groups is 1. The molecule has 0 radical (unpaired) electrons. The molecular formula is C7H15NO2. The van der Waals surface area contributed by atoms with Crippen LogP contribution in [0.25, 0.3) is 0 Å². The second-order valence-electron chi connectivity index (χ2n) is 1.25. The third-order valence-electron chi connectivity index (χ3n) is 0.589. The number of hydrogen-bond acceptors (Lipinski definition) is 3. The number of hydrogen-bond donors (Lipinski definition) is 1. The maximum atomic E-state index is 10.3. The molecule has 0 rings (SSSR count). The zero-order valence-corrected chi connectivity index (χ0v) is 6.76. The van der Waals surface area contributed by atoms with E-state index >= 15 is 0 Å². The highest BCUT2D eigenvalue weighted by Crippen LogP contribution is 1.78. The molecule has 0 aromatic rings. The molecule has 0 aliphatic carbocycles. The molecule has 0 aromatic carbocycles. The van der Waals surface area contributed by atoms with Crippen molar-refractivity contribution in [3.63, 3.8) is 0 Å². The zero-order valence-electron chi connectivity index (χ0n) is 6.76. The van der Waals surface area contributed by atoms with Crippen molar-refractivity contribution in [2.24, 2.45) is 5.73 Å². The maximum Gasteiger partial charge on any atom is 0.330 e. The van der Waals surface area contributed by atoms with E-state index in [0.717, 1.165) is 0 Å². The molecule has 0 amide bonds. The van der Waals surface area contributed by atoms with Crippen LogP contribution in [0.4, 0.5) is 0 Å². The van der Waals surface area contributed by atoms with Gasteiger partial charge in [-0.05, 0) is 20.9 Å². The van der Waals surface area contributed by atoms with E-state index in [9.17, 15) is 4.79 Å². The topological polar surface area (TPSA) is 52.3 Å². The third-order valence-corrected chi connectivity index (χ3v) is 0.589. The van der Waals surface area contributed by atoms with Gasteiger partial charge in [-0.15, -0.1) is 0 Å². The predicted molar refractivity (Wildman–Crippen MR) is 41.6 cm³/mol. The summed E-state index contributed by atoms with van der Waals surface area (Å²) in [5.41, 5.74) is 4.50.